The van der Waals surface area contributed by atoms with Gasteiger partial charge in [-0.15, -0.1) is 10.2 Å². The van der Waals surface area contributed by atoms with Gasteiger partial charge in [-0.1, -0.05) is 20.3 Å². The largest absolute Gasteiger partial charge is 0.476 e. The quantitative estimate of drug-likeness (QED) is 0.675. The number of nitrogens with zero attached hydrogens (tertiary/aromatic N) is 5. The van der Waals surface area contributed by atoms with Crippen molar-refractivity contribution < 1.29 is 4.74 Å². The third-order valence-electron chi connectivity index (χ3n) is 6.75. The molecule has 0 amide bonds. The van der Waals surface area contributed by atoms with E-state index in [9.17, 15) is 0 Å². The summed E-state index contributed by atoms with van der Waals surface area (Å²) in [4.78, 5) is 2.71. The van der Waals surface area contributed by atoms with Crippen molar-refractivity contribution in [2.24, 2.45) is 30.7 Å². The third kappa shape index (κ3) is 4.63. The molecule has 2 unspecified atom stereocenters. The van der Waals surface area contributed by atoms with Gasteiger partial charge >= 0.3 is 0 Å². The molecule has 6 nitrogen and oxygen atoms in total. The summed E-state index contributed by atoms with van der Waals surface area (Å²) in [5, 5.41) is 12.9. The number of hydrogen-bond donors (Lipinski definition) is 0. The topological polar surface area (TPSA) is 56.1 Å². The Morgan fingerprint density at radius 2 is 1.93 bits per heavy atom. The molecule has 2 aromatic rings. The first-order valence-electron chi connectivity index (χ1n) is 11.2. The zero-order valence-electron chi connectivity index (χ0n) is 18.3. The minimum absolute atomic E-state index is 0.626. The molecule has 1 aliphatic carbocycles. The van der Waals surface area contributed by atoms with Gasteiger partial charge in [-0.25, -0.2) is 0 Å². The Hall–Kier alpha value is -1.95. The third-order valence-corrected chi connectivity index (χ3v) is 6.75. The van der Waals surface area contributed by atoms with Crippen LogP contribution >= 0.6 is 0 Å². The second-order valence-electron chi connectivity index (χ2n) is 9.34. The first-order valence-corrected chi connectivity index (χ1v) is 11.2. The predicted molar refractivity (Wildman–Crippen MR) is 115 cm³/mol. The van der Waals surface area contributed by atoms with Gasteiger partial charge in [0.1, 0.15) is 5.69 Å². The van der Waals surface area contributed by atoms with Crippen molar-refractivity contribution in [3.05, 3.63) is 23.9 Å². The lowest BCUT2D eigenvalue weighted by molar-refractivity contribution is 0.212. The highest BCUT2D eigenvalue weighted by atomic mass is 16.5. The minimum Gasteiger partial charge on any atom is -0.476 e. The van der Waals surface area contributed by atoms with Crippen molar-refractivity contribution in [1.82, 2.24) is 24.9 Å². The zero-order chi connectivity index (χ0) is 20.4. The van der Waals surface area contributed by atoms with Crippen LogP contribution in [0.25, 0.3) is 11.4 Å². The average Bonchev–Trinajstić information content (AvgIpc) is 3.34. The van der Waals surface area contributed by atoms with Gasteiger partial charge in [-0.05, 0) is 61.5 Å². The molecule has 2 aliphatic rings. The van der Waals surface area contributed by atoms with Crippen LogP contribution in [0.1, 0.15) is 45.1 Å². The van der Waals surface area contributed by atoms with Gasteiger partial charge in [0.2, 0.25) is 5.88 Å². The highest BCUT2D eigenvalue weighted by Crippen LogP contribution is 2.41. The minimum atomic E-state index is 0.626. The summed E-state index contributed by atoms with van der Waals surface area (Å²) in [5.74, 6) is 3.83. The van der Waals surface area contributed by atoms with Crippen molar-refractivity contribution in [1.29, 1.82) is 0 Å². The maximum absolute atomic E-state index is 6.00. The monoisotopic (exact) mass is 397 g/mol. The lowest BCUT2D eigenvalue weighted by Gasteiger charge is -2.22. The van der Waals surface area contributed by atoms with Crippen molar-refractivity contribution >= 4 is 0 Å². The van der Waals surface area contributed by atoms with Crippen LogP contribution in [0.4, 0.5) is 0 Å². The Bertz CT molecular complexity index is 769. The molecule has 29 heavy (non-hydrogen) atoms. The van der Waals surface area contributed by atoms with Gasteiger partial charge in [0.05, 0.1) is 18.5 Å². The molecule has 2 fully saturated rings. The Balaban J connectivity index is 1.24. The Morgan fingerprint density at radius 3 is 2.52 bits per heavy atom. The summed E-state index contributed by atoms with van der Waals surface area (Å²) in [7, 11) is 1.93. The van der Waals surface area contributed by atoms with Crippen LogP contribution in [0.2, 0.25) is 0 Å². The molecule has 1 saturated carbocycles. The van der Waals surface area contributed by atoms with Gasteiger partial charge in [-0.2, -0.15) is 5.10 Å². The molecular formula is C23H35N5O. The van der Waals surface area contributed by atoms with E-state index >= 15 is 0 Å². The molecule has 4 rings (SSSR count). The van der Waals surface area contributed by atoms with E-state index in [1.165, 1.54) is 45.3 Å². The fourth-order valence-electron chi connectivity index (χ4n) is 5.47. The SMILES string of the molecule is CCCC(C)CN1C[C@H]2CC(COc3ccc(-c4c(C)cnn4C)nn3)C[C@H]2C1. The number of aryl methyl sites for hydroxylation is 2. The van der Waals surface area contributed by atoms with Gasteiger partial charge < -0.3 is 9.64 Å². The Kier molecular flexibility index (Phi) is 6.18. The van der Waals surface area contributed by atoms with E-state index < -0.39 is 0 Å². The number of fused-ring (bicyclic) bond motifs is 1. The van der Waals surface area contributed by atoms with E-state index in [2.05, 4.69) is 34.0 Å². The maximum Gasteiger partial charge on any atom is 0.233 e. The molecule has 3 heterocycles. The normalized spacial score (nSPS) is 25.3. The van der Waals surface area contributed by atoms with Gasteiger partial charge in [-0.3, -0.25) is 4.68 Å². The van der Waals surface area contributed by atoms with Crippen LogP contribution in [-0.4, -0.2) is 51.1 Å². The molecule has 0 spiro atoms. The van der Waals surface area contributed by atoms with Crippen molar-refractivity contribution in [2.45, 2.75) is 46.5 Å². The van der Waals surface area contributed by atoms with E-state index in [0.29, 0.717) is 11.8 Å². The van der Waals surface area contributed by atoms with Crippen LogP contribution in [0.5, 0.6) is 5.88 Å². The van der Waals surface area contributed by atoms with Gasteiger partial charge in [0.25, 0.3) is 0 Å². The van der Waals surface area contributed by atoms with E-state index in [1.807, 2.05) is 37.0 Å². The van der Waals surface area contributed by atoms with E-state index in [0.717, 1.165) is 41.3 Å². The van der Waals surface area contributed by atoms with E-state index in [1.54, 1.807) is 0 Å². The van der Waals surface area contributed by atoms with Crippen molar-refractivity contribution in [3.63, 3.8) is 0 Å². The number of ether oxygens (including phenoxy) is 1. The van der Waals surface area contributed by atoms with Crippen LogP contribution in [0.15, 0.2) is 18.3 Å². The lowest BCUT2D eigenvalue weighted by atomic mass is 10.0. The van der Waals surface area contributed by atoms with Crippen LogP contribution < -0.4 is 4.74 Å². The summed E-state index contributed by atoms with van der Waals surface area (Å²) >= 11 is 0. The average molecular weight is 398 g/mol. The number of likely N-dealkylation sites (tertiary alicyclic amines) is 1. The zero-order valence-corrected chi connectivity index (χ0v) is 18.3. The second kappa shape index (κ2) is 8.82. The predicted octanol–water partition coefficient (Wildman–Crippen LogP) is 3.96. The molecule has 0 N–H and O–H groups in total. The van der Waals surface area contributed by atoms with Gasteiger partial charge in [0, 0.05) is 32.7 Å². The van der Waals surface area contributed by atoms with Crippen molar-refractivity contribution in [2.75, 3.05) is 26.2 Å². The molecule has 0 radical (unpaired) electrons. The van der Waals surface area contributed by atoms with Crippen LogP contribution in [0.3, 0.4) is 0 Å². The molecule has 0 bridgehead atoms. The van der Waals surface area contributed by atoms with E-state index in [4.69, 9.17) is 4.74 Å². The van der Waals surface area contributed by atoms with Gasteiger partial charge in [0.15, 0.2) is 0 Å². The highest BCUT2D eigenvalue weighted by Gasteiger charge is 2.41. The summed E-state index contributed by atoms with van der Waals surface area (Å²) in [6.07, 6.45) is 7.09. The fraction of sp³-hybridized carbons (Fsp3) is 0.696. The second-order valence-corrected chi connectivity index (χ2v) is 9.34. The maximum atomic E-state index is 6.00. The Labute approximate surface area is 174 Å². The summed E-state index contributed by atoms with van der Waals surface area (Å²) in [6.45, 7) is 11.3. The molecule has 4 atom stereocenters. The van der Waals surface area contributed by atoms with Crippen LogP contribution in [-0.2, 0) is 7.05 Å². The molecule has 6 heteroatoms. The number of aromatic nitrogens is 4. The Morgan fingerprint density at radius 1 is 1.17 bits per heavy atom. The first kappa shape index (κ1) is 20.3. The summed E-state index contributed by atoms with van der Waals surface area (Å²) in [5.41, 5.74) is 2.94. The molecule has 1 saturated heterocycles. The molecular weight excluding hydrogens is 362 g/mol. The van der Waals surface area contributed by atoms with Crippen LogP contribution in [0, 0.1) is 30.6 Å². The molecule has 1 aliphatic heterocycles. The van der Waals surface area contributed by atoms with E-state index in [-0.39, 0.29) is 0 Å². The number of rotatable bonds is 8. The van der Waals surface area contributed by atoms with Crippen molar-refractivity contribution in [3.8, 4) is 17.3 Å². The smallest absolute Gasteiger partial charge is 0.233 e. The first-order chi connectivity index (χ1) is 14.0. The number of hydrogen-bond acceptors (Lipinski definition) is 5. The fourth-order valence-corrected chi connectivity index (χ4v) is 5.47. The summed E-state index contributed by atoms with van der Waals surface area (Å²) in [6, 6.07) is 3.91. The molecule has 2 aromatic heterocycles. The molecule has 158 valence electrons. The molecule has 0 aromatic carbocycles. The summed E-state index contributed by atoms with van der Waals surface area (Å²) < 4.78 is 7.84. The standard InChI is InChI=1S/C23H35N5O/c1-5-6-16(2)12-28-13-19-9-18(10-20(19)14-28)15-29-22-8-7-21(25-26-22)23-17(3)11-24-27(23)4/h7-8,11,16,18-20H,5-6,9-10,12-15H2,1-4H3/t16?,18?,19-,20+. The lowest BCUT2D eigenvalue weighted by Crippen LogP contribution is -2.28. The highest BCUT2D eigenvalue weighted by molar-refractivity contribution is 5.58.